The molecule has 11 nitrogen and oxygen atoms in total. The number of aryl methyl sites for hydroxylation is 1. The molecule has 45 heavy (non-hydrogen) atoms. The molecule has 1 atom stereocenters. The lowest BCUT2D eigenvalue weighted by molar-refractivity contribution is -0.121. The maximum absolute atomic E-state index is 15.5. The molecule has 0 bridgehead atoms. The normalized spacial score (nSPS) is 16.5. The first-order chi connectivity index (χ1) is 21.9. The van der Waals surface area contributed by atoms with Gasteiger partial charge in [0.05, 0.1) is 18.6 Å². The van der Waals surface area contributed by atoms with E-state index in [1.165, 1.54) is 28.5 Å². The van der Waals surface area contributed by atoms with Gasteiger partial charge in [-0.25, -0.2) is 19.3 Å². The fourth-order valence-corrected chi connectivity index (χ4v) is 6.57. The summed E-state index contributed by atoms with van der Waals surface area (Å²) < 4.78 is 17.4. The van der Waals surface area contributed by atoms with Gasteiger partial charge in [-0.15, -0.1) is 11.3 Å². The number of thiazole rings is 1. The number of hydrogen-bond acceptors (Lipinski definition) is 8. The summed E-state index contributed by atoms with van der Waals surface area (Å²) >= 11 is 1.27. The van der Waals surface area contributed by atoms with E-state index in [0.29, 0.717) is 27.6 Å². The number of pyridine rings is 1. The van der Waals surface area contributed by atoms with Crippen LogP contribution in [-0.4, -0.2) is 61.3 Å². The van der Waals surface area contributed by atoms with Crippen LogP contribution in [0.3, 0.4) is 0 Å². The zero-order chi connectivity index (χ0) is 30.9. The van der Waals surface area contributed by atoms with Crippen molar-refractivity contribution in [3.63, 3.8) is 0 Å². The smallest absolute Gasteiger partial charge is 0.270 e. The van der Waals surface area contributed by atoms with E-state index in [9.17, 15) is 14.4 Å². The molecule has 1 aromatic carbocycles. The van der Waals surface area contributed by atoms with Gasteiger partial charge in [0.2, 0.25) is 0 Å². The van der Waals surface area contributed by atoms with Crippen LogP contribution in [0.15, 0.2) is 48.4 Å². The molecule has 1 saturated heterocycles. The number of piperidine rings is 1. The van der Waals surface area contributed by atoms with Crippen LogP contribution >= 0.6 is 11.3 Å². The van der Waals surface area contributed by atoms with Crippen LogP contribution < -0.4 is 16.0 Å². The van der Waals surface area contributed by atoms with Crippen molar-refractivity contribution < 1.29 is 18.8 Å². The molecule has 0 saturated carbocycles. The summed E-state index contributed by atoms with van der Waals surface area (Å²) in [6.45, 7) is 2.45. The third-order valence-electron chi connectivity index (χ3n) is 8.31. The second-order valence-corrected chi connectivity index (χ2v) is 12.1. The van der Waals surface area contributed by atoms with Gasteiger partial charge in [-0.3, -0.25) is 19.7 Å². The minimum Gasteiger partial charge on any atom is -0.348 e. The number of carbonyl (C=O) groups is 3. The van der Waals surface area contributed by atoms with E-state index in [4.69, 9.17) is 0 Å². The Morgan fingerprint density at radius 3 is 2.73 bits per heavy atom. The topological polar surface area (TPSA) is 134 Å². The monoisotopic (exact) mass is 624 g/mol. The lowest BCUT2D eigenvalue weighted by atomic mass is 10.1. The predicted octanol–water partition coefficient (Wildman–Crippen LogP) is 3.04. The molecule has 3 aliphatic rings. The Morgan fingerprint density at radius 1 is 1.11 bits per heavy atom. The molecule has 3 aromatic heterocycles. The predicted molar refractivity (Wildman–Crippen MR) is 164 cm³/mol. The van der Waals surface area contributed by atoms with Gasteiger partial charge in [-0.05, 0) is 63.0 Å². The van der Waals surface area contributed by atoms with Crippen LogP contribution in [0.1, 0.15) is 74.2 Å². The molecule has 228 valence electrons. The number of amides is 3. The Morgan fingerprint density at radius 2 is 1.96 bits per heavy atom. The van der Waals surface area contributed by atoms with Crippen molar-refractivity contribution in [3.8, 4) is 11.8 Å². The highest BCUT2D eigenvalue weighted by atomic mass is 32.1. The van der Waals surface area contributed by atoms with Gasteiger partial charge in [-0.1, -0.05) is 11.8 Å². The molecular formula is C32H29FN8O3S. The van der Waals surface area contributed by atoms with Crippen molar-refractivity contribution >= 4 is 34.2 Å². The quantitative estimate of drug-likeness (QED) is 0.281. The van der Waals surface area contributed by atoms with Crippen LogP contribution in [0.4, 0.5) is 9.52 Å². The molecule has 6 heterocycles. The number of nitrogens with one attached hydrogen (secondary N) is 3. The first-order valence-corrected chi connectivity index (χ1v) is 15.7. The van der Waals surface area contributed by atoms with E-state index in [-0.39, 0.29) is 29.6 Å². The third-order valence-corrected chi connectivity index (χ3v) is 9.00. The number of fused-ring (bicyclic) bond motifs is 2. The first-order valence-electron chi connectivity index (χ1n) is 14.8. The summed E-state index contributed by atoms with van der Waals surface area (Å²) in [5.74, 6) is 4.11. The molecule has 3 N–H and O–H groups in total. The fourth-order valence-electron chi connectivity index (χ4n) is 6.04. The highest BCUT2D eigenvalue weighted by Gasteiger charge is 2.42. The summed E-state index contributed by atoms with van der Waals surface area (Å²) in [5.41, 5.74) is 2.89. The molecule has 4 aromatic rings. The molecule has 1 fully saturated rings. The van der Waals surface area contributed by atoms with Gasteiger partial charge in [0.1, 0.15) is 11.5 Å². The lowest BCUT2D eigenvalue weighted by Gasteiger charge is -2.26. The maximum atomic E-state index is 15.5. The van der Waals surface area contributed by atoms with Crippen molar-refractivity contribution in [2.24, 2.45) is 0 Å². The highest BCUT2D eigenvalue weighted by molar-refractivity contribution is 7.13. The van der Waals surface area contributed by atoms with Gasteiger partial charge in [0.25, 0.3) is 17.7 Å². The highest BCUT2D eigenvalue weighted by Crippen LogP contribution is 2.36. The van der Waals surface area contributed by atoms with Crippen molar-refractivity contribution in [1.82, 2.24) is 35.1 Å². The number of imidazole rings is 1. The van der Waals surface area contributed by atoms with E-state index in [0.717, 1.165) is 51.0 Å². The third kappa shape index (κ3) is 5.82. The van der Waals surface area contributed by atoms with Crippen molar-refractivity contribution in [1.29, 1.82) is 0 Å². The Bertz CT molecular complexity index is 1840. The summed E-state index contributed by atoms with van der Waals surface area (Å²) in [6, 6.07) is 5.19. The number of rotatable bonds is 6. The first kappa shape index (κ1) is 28.8. The van der Waals surface area contributed by atoms with Crippen molar-refractivity contribution in [2.45, 2.75) is 50.9 Å². The zero-order valence-electron chi connectivity index (χ0n) is 24.2. The summed E-state index contributed by atoms with van der Waals surface area (Å²) in [5, 5.41) is 11.2. The van der Waals surface area contributed by atoms with E-state index in [1.807, 2.05) is 4.57 Å². The molecule has 3 aliphatic heterocycles. The van der Waals surface area contributed by atoms with Gasteiger partial charge in [0.15, 0.2) is 11.2 Å². The van der Waals surface area contributed by atoms with E-state index < -0.39 is 23.7 Å². The lowest BCUT2D eigenvalue weighted by Crippen LogP contribution is -2.42. The van der Waals surface area contributed by atoms with Gasteiger partial charge in [0, 0.05) is 58.3 Å². The number of hydrogen-bond donors (Lipinski definition) is 3. The number of aromatic nitrogens is 4. The maximum Gasteiger partial charge on any atom is 0.270 e. The second-order valence-electron chi connectivity index (χ2n) is 11.2. The van der Waals surface area contributed by atoms with Crippen molar-refractivity contribution in [2.75, 3.05) is 18.4 Å². The molecule has 0 spiro atoms. The number of halogens is 1. The summed E-state index contributed by atoms with van der Waals surface area (Å²) in [7, 11) is 0. The second kappa shape index (κ2) is 12.2. The standard InChI is InChI=1S/C32H29FN8O3S/c33-24-15-20(4-3-19-5-6-25(36-16-19)29(42)38-21-7-9-34-10-8-21)14-22-23(24)17-41(31(22)44)28(30(43)39-32-35-11-13-45-32)27-26-2-1-12-40(26)18-37-27/h5-6,11,13-16,18,21,28,34H,1-2,7-10,12,17H2,(H,38,42)(H,35,39,43). The van der Waals surface area contributed by atoms with Gasteiger partial charge < -0.3 is 20.1 Å². The molecule has 0 radical (unpaired) electrons. The number of anilines is 1. The zero-order valence-corrected chi connectivity index (χ0v) is 25.0. The summed E-state index contributed by atoms with van der Waals surface area (Å²) in [6.07, 6.45) is 8.16. The summed E-state index contributed by atoms with van der Waals surface area (Å²) in [4.78, 5) is 54.3. The minimum absolute atomic E-state index is 0.0826. The fraction of sp³-hybridized carbons (Fsp3) is 0.312. The number of carbonyl (C=O) groups excluding carboxylic acids is 3. The van der Waals surface area contributed by atoms with E-state index in [1.54, 1.807) is 36.1 Å². The molecule has 0 aliphatic carbocycles. The Hall–Kier alpha value is -4.93. The van der Waals surface area contributed by atoms with E-state index in [2.05, 4.69) is 42.7 Å². The van der Waals surface area contributed by atoms with Crippen LogP contribution in [0.2, 0.25) is 0 Å². The van der Waals surface area contributed by atoms with Crippen LogP contribution in [0.25, 0.3) is 0 Å². The van der Waals surface area contributed by atoms with Crippen LogP contribution in [-0.2, 0) is 24.3 Å². The molecule has 3 amide bonds. The van der Waals surface area contributed by atoms with Gasteiger partial charge >= 0.3 is 0 Å². The van der Waals surface area contributed by atoms with Crippen LogP contribution in [0.5, 0.6) is 0 Å². The van der Waals surface area contributed by atoms with Crippen molar-refractivity contribution in [3.05, 3.63) is 93.5 Å². The SMILES string of the molecule is O=C(NC1CCNCC1)c1ccc(C#Cc2cc(F)c3c(c2)C(=O)N(C(C(=O)Nc2nccs2)c2ncn4c2CCC4)C3)cn1. The Labute approximate surface area is 262 Å². The Kier molecular flexibility index (Phi) is 7.83. The molecule has 1 unspecified atom stereocenters. The van der Waals surface area contributed by atoms with Crippen LogP contribution in [0, 0.1) is 17.7 Å². The molecule has 7 rings (SSSR count). The van der Waals surface area contributed by atoms with E-state index >= 15 is 4.39 Å². The van der Waals surface area contributed by atoms with Gasteiger partial charge in [-0.2, -0.15) is 0 Å². The number of benzene rings is 1. The average Bonchev–Trinajstić information content (AvgIpc) is 3.85. The minimum atomic E-state index is -1.06. The number of nitrogens with zero attached hydrogens (tertiary/aromatic N) is 5. The Balaban J connectivity index is 1.11. The molecule has 13 heteroatoms. The average molecular weight is 625 g/mol. The molecular weight excluding hydrogens is 595 g/mol. The largest absolute Gasteiger partial charge is 0.348 e.